The first-order chi connectivity index (χ1) is 9.00. The van der Waals surface area contributed by atoms with Crippen LogP contribution in [0.2, 0.25) is 5.02 Å². The van der Waals surface area contributed by atoms with Crippen LogP contribution in [0, 0.1) is 5.82 Å². The van der Waals surface area contributed by atoms with Gasteiger partial charge in [0.25, 0.3) is 0 Å². The summed E-state index contributed by atoms with van der Waals surface area (Å²) >= 11 is 5.58. The molecule has 2 rings (SSSR count). The van der Waals surface area contributed by atoms with Crippen molar-refractivity contribution >= 4 is 21.6 Å². The van der Waals surface area contributed by atoms with Gasteiger partial charge in [0.05, 0.1) is 5.02 Å². The molecule has 7 heteroatoms. The average Bonchev–Trinajstić information content (AvgIpc) is 2.85. The Morgan fingerprint density at radius 2 is 2.26 bits per heavy atom. The van der Waals surface area contributed by atoms with Gasteiger partial charge >= 0.3 is 0 Å². The molecule has 1 atom stereocenters. The van der Waals surface area contributed by atoms with Crippen molar-refractivity contribution in [3.05, 3.63) is 29.0 Å². The lowest BCUT2D eigenvalue weighted by atomic mass is 10.2. The number of nitrogens with one attached hydrogen (secondary N) is 2. The molecule has 0 amide bonds. The van der Waals surface area contributed by atoms with Crippen LogP contribution in [0.1, 0.15) is 19.3 Å². The van der Waals surface area contributed by atoms with Crippen molar-refractivity contribution in [1.82, 2.24) is 10.0 Å². The second-order valence-electron chi connectivity index (χ2n) is 4.53. The number of sulfonamides is 1. The highest BCUT2D eigenvalue weighted by atomic mass is 35.5. The van der Waals surface area contributed by atoms with Gasteiger partial charge in [-0.3, -0.25) is 0 Å². The van der Waals surface area contributed by atoms with Crippen molar-refractivity contribution < 1.29 is 12.8 Å². The Kier molecular flexibility index (Phi) is 4.78. The largest absolute Gasteiger partial charge is 0.314 e. The summed E-state index contributed by atoms with van der Waals surface area (Å²) in [7, 11) is -3.84. The molecule has 106 valence electrons. The van der Waals surface area contributed by atoms with E-state index in [4.69, 9.17) is 11.6 Å². The van der Waals surface area contributed by atoms with Gasteiger partial charge in [0.2, 0.25) is 10.0 Å². The Bertz CT molecular complexity index is 545. The van der Waals surface area contributed by atoms with Crippen LogP contribution in [-0.2, 0) is 10.0 Å². The molecule has 0 radical (unpaired) electrons. The molecule has 0 bridgehead atoms. The molecule has 19 heavy (non-hydrogen) atoms. The van der Waals surface area contributed by atoms with E-state index >= 15 is 0 Å². The number of hydrogen-bond acceptors (Lipinski definition) is 3. The van der Waals surface area contributed by atoms with Crippen LogP contribution in [0.15, 0.2) is 23.1 Å². The second kappa shape index (κ2) is 6.17. The molecule has 1 aromatic rings. The SMILES string of the molecule is O=S(=O)(NCCC1CCCN1)c1cccc(Cl)c1F. The van der Waals surface area contributed by atoms with Gasteiger partial charge in [0.1, 0.15) is 4.90 Å². The molecule has 1 saturated heterocycles. The van der Waals surface area contributed by atoms with Gasteiger partial charge in [0, 0.05) is 12.6 Å². The minimum absolute atomic E-state index is 0.194. The lowest BCUT2D eigenvalue weighted by Gasteiger charge is -2.11. The summed E-state index contributed by atoms with van der Waals surface area (Å²) in [5, 5.41) is 3.08. The van der Waals surface area contributed by atoms with Gasteiger partial charge in [-0.05, 0) is 37.9 Å². The smallest absolute Gasteiger partial charge is 0.243 e. The van der Waals surface area contributed by atoms with E-state index in [1.165, 1.54) is 18.2 Å². The van der Waals surface area contributed by atoms with Crippen molar-refractivity contribution in [3.8, 4) is 0 Å². The standard InChI is InChI=1S/C12H16ClFN2O2S/c13-10-4-1-5-11(12(10)14)19(17,18)16-8-6-9-3-2-7-15-9/h1,4-5,9,15-16H,2-3,6-8H2. The minimum atomic E-state index is -3.84. The molecule has 1 heterocycles. The zero-order valence-electron chi connectivity index (χ0n) is 10.3. The van der Waals surface area contributed by atoms with Crippen LogP contribution < -0.4 is 10.0 Å². The quantitative estimate of drug-likeness (QED) is 0.873. The molecular formula is C12H16ClFN2O2S. The maximum absolute atomic E-state index is 13.7. The van der Waals surface area contributed by atoms with Crippen LogP contribution in [0.5, 0.6) is 0 Å². The zero-order chi connectivity index (χ0) is 13.9. The first-order valence-electron chi connectivity index (χ1n) is 6.18. The molecule has 1 aliphatic rings. The van der Waals surface area contributed by atoms with E-state index in [-0.39, 0.29) is 11.6 Å². The molecule has 1 fully saturated rings. The third-order valence-corrected chi connectivity index (χ3v) is 4.92. The van der Waals surface area contributed by atoms with Crippen molar-refractivity contribution in [3.63, 3.8) is 0 Å². The Balaban J connectivity index is 1.99. The lowest BCUT2D eigenvalue weighted by Crippen LogP contribution is -2.31. The van der Waals surface area contributed by atoms with Gasteiger partial charge in [0.15, 0.2) is 5.82 Å². The van der Waals surface area contributed by atoms with Crippen molar-refractivity contribution in [2.45, 2.75) is 30.2 Å². The Morgan fingerprint density at radius 1 is 1.47 bits per heavy atom. The molecular weight excluding hydrogens is 291 g/mol. The molecule has 0 saturated carbocycles. The van der Waals surface area contributed by atoms with E-state index in [0.29, 0.717) is 12.5 Å². The van der Waals surface area contributed by atoms with E-state index in [1.54, 1.807) is 0 Å². The highest BCUT2D eigenvalue weighted by Gasteiger charge is 2.21. The Labute approximate surface area is 117 Å². The van der Waals surface area contributed by atoms with Gasteiger partial charge in [-0.15, -0.1) is 0 Å². The molecule has 4 nitrogen and oxygen atoms in total. The first kappa shape index (κ1) is 14.7. The van der Waals surface area contributed by atoms with Gasteiger partial charge in [-0.2, -0.15) is 0 Å². The van der Waals surface area contributed by atoms with Crippen molar-refractivity contribution in [1.29, 1.82) is 0 Å². The summed E-state index contributed by atoms with van der Waals surface area (Å²) in [5.41, 5.74) is 0. The van der Waals surface area contributed by atoms with Gasteiger partial charge in [-0.25, -0.2) is 17.5 Å². The molecule has 2 N–H and O–H groups in total. The maximum atomic E-state index is 13.7. The number of rotatable bonds is 5. The fraction of sp³-hybridized carbons (Fsp3) is 0.500. The summed E-state index contributed by atoms with van der Waals surface area (Å²) < 4.78 is 40.0. The normalized spacial score (nSPS) is 19.8. The van der Waals surface area contributed by atoms with Crippen molar-refractivity contribution in [2.24, 2.45) is 0 Å². The Hall–Kier alpha value is -0.690. The second-order valence-corrected chi connectivity index (χ2v) is 6.67. The molecule has 1 aliphatic heterocycles. The van der Waals surface area contributed by atoms with E-state index in [2.05, 4.69) is 10.0 Å². The average molecular weight is 307 g/mol. The van der Waals surface area contributed by atoms with Crippen LogP contribution in [0.25, 0.3) is 0 Å². The van der Waals surface area contributed by atoms with Crippen LogP contribution in [-0.4, -0.2) is 27.5 Å². The van der Waals surface area contributed by atoms with E-state index < -0.39 is 20.7 Å². The van der Waals surface area contributed by atoms with E-state index in [1.807, 2.05) is 0 Å². The minimum Gasteiger partial charge on any atom is -0.314 e. The molecule has 0 aliphatic carbocycles. The lowest BCUT2D eigenvalue weighted by molar-refractivity contribution is 0.532. The van der Waals surface area contributed by atoms with Crippen LogP contribution in [0.3, 0.4) is 0 Å². The number of hydrogen-bond donors (Lipinski definition) is 2. The van der Waals surface area contributed by atoms with E-state index in [0.717, 1.165) is 19.4 Å². The third kappa shape index (κ3) is 3.66. The Morgan fingerprint density at radius 3 is 2.95 bits per heavy atom. The summed E-state index contributed by atoms with van der Waals surface area (Å²) in [6.07, 6.45) is 2.86. The maximum Gasteiger partial charge on any atom is 0.243 e. The topological polar surface area (TPSA) is 58.2 Å². The molecule has 1 aromatic carbocycles. The highest BCUT2D eigenvalue weighted by Crippen LogP contribution is 2.21. The number of halogens is 2. The van der Waals surface area contributed by atoms with Gasteiger partial charge in [-0.1, -0.05) is 17.7 Å². The molecule has 1 unspecified atom stereocenters. The summed E-state index contributed by atoms with van der Waals surface area (Å²) in [6, 6.07) is 4.28. The fourth-order valence-corrected chi connectivity index (χ4v) is 3.52. The third-order valence-electron chi connectivity index (χ3n) is 3.15. The monoisotopic (exact) mass is 306 g/mol. The van der Waals surface area contributed by atoms with Gasteiger partial charge < -0.3 is 5.32 Å². The van der Waals surface area contributed by atoms with Crippen LogP contribution in [0.4, 0.5) is 4.39 Å². The predicted molar refractivity (Wildman–Crippen MR) is 72.2 cm³/mol. The molecule has 0 spiro atoms. The fourth-order valence-electron chi connectivity index (χ4n) is 2.14. The van der Waals surface area contributed by atoms with Crippen LogP contribution >= 0.6 is 11.6 Å². The van der Waals surface area contributed by atoms with Crippen molar-refractivity contribution in [2.75, 3.05) is 13.1 Å². The predicted octanol–water partition coefficient (Wildman–Crippen LogP) is 1.90. The summed E-state index contributed by atoms with van der Waals surface area (Å²) in [6.45, 7) is 1.26. The summed E-state index contributed by atoms with van der Waals surface area (Å²) in [4.78, 5) is -0.403. The first-order valence-corrected chi connectivity index (χ1v) is 8.04. The van der Waals surface area contributed by atoms with E-state index in [9.17, 15) is 12.8 Å². The zero-order valence-corrected chi connectivity index (χ0v) is 11.9. The number of benzene rings is 1. The highest BCUT2D eigenvalue weighted by molar-refractivity contribution is 7.89. The molecule has 0 aromatic heterocycles. The summed E-state index contributed by atoms with van der Waals surface area (Å²) in [5.74, 6) is -0.907.